The van der Waals surface area contributed by atoms with Crippen molar-refractivity contribution in [3.63, 3.8) is 0 Å². The van der Waals surface area contributed by atoms with E-state index >= 15 is 0 Å². The van der Waals surface area contributed by atoms with Crippen molar-refractivity contribution >= 4 is 17.2 Å². The number of amides is 1. The highest BCUT2D eigenvalue weighted by Gasteiger charge is 2.24. The lowest BCUT2D eigenvalue weighted by Gasteiger charge is -2.34. The number of carbonyl (C=O) groups excluding carboxylic acids is 1. The van der Waals surface area contributed by atoms with Crippen molar-refractivity contribution < 1.29 is 4.79 Å². The van der Waals surface area contributed by atoms with Crippen molar-refractivity contribution in [1.82, 2.24) is 19.7 Å². The lowest BCUT2D eigenvalue weighted by molar-refractivity contribution is -0.133. The zero-order valence-corrected chi connectivity index (χ0v) is 17.4. The van der Waals surface area contributed by atoms with Gasteiger partial charge in [-0.15, -0.1) is 11.3 Å². The molecule has 2 saturated heterocycles. The van der Waals surface area contributed by atoms with Gasteiger partial charge in [-0.2, -0.15) is 0 Å². The van der Waals surface area contributed by atoms with Gasteiger partial charge in [0, 0.05) is 44.5 Å². The number of piperazine rings is 1. The van der Waals surface area contributed by atoms with E-state index < -0.39 is 0 Å². The SMILES string of the molecule is CC(C)c1csc(CN2CCCC(CCC(=O)N3CCN(C)CC3)C2)n1. The van der Waals surface area contributed by atoms with Gasteiger partial charge in [0.25, 0.3) is 0 Å². The van der Waals surface area contributed by atoms with Gasteiger partial charge < -0.3 is 9.80 Å². The van der Waals surface area contributed by atoms with Crippen LogP contribution in [-0.4, -0.2) is 71.9 Å². The summed E-state index contributed by atoms with van der Waals surface area (Å²) in [6.45, 7) is 11.5. The Labute approximate surface area is 162 Å². The minimum Gasteiger partial charge on any atom is -0.340 e. The van der Waals surface area contributed by atoms with E-state index in [9.17, 15) is 4.79 Å². The van der Waals surface area contributed by atoms with Crippen LogP contribution < -0.4 is 0 Å². The molecule has 3 rings (SSSR count). The highest BCUT2D eigenvalue weighted by molar-refractivity contribution is 7.09. The number of nitrogens with zero attached hydrogens (tertiary/aromatic N) is 4. The van der Waals surface area contributed by atoms with Gasteiger partial charge in [0.15, 0.2) is 0 Å². The molecule has 0 aromatic carbocycles. The minimum atomic E-state index is 0.358. The summed E-state index contributed by atoms with van der Waals surface area (Å²) in [4.78, 5) is 24.2. The molecular formula is C20H34N4OS. The lowest BCUT2D eigenvalue weighted by atomic mass is 9.93. The molecule has 0 aliphatic carbocycles. The monoisotopic (exact) mass is 378 g/mol. The fourth-order valence-corrected chi connectivity index (χ4v) is 4.92. The maximum atomic E-state index is 12.5. The summed E-state index contributed by atoms with van der Waals surface area (Å²) < 4.78 is 0. The first-order valence-corrected chi connectivity index (χ1v) is 11.0. The molecule has 0 saturated carbocycles. The smallest absolute Gasteiger partial charge is 0.222 e. The second-order valence-corrected chi connectivity index (χ2v) is 9.23. The predicted molar refractivity (Wildman–Crippen MR) is 108 cm³/mol. The lowest BCUT2D eigenvalue weighted by Crippen LogP contribution is -2.47. The maximum absolute atomic E-state index is 12.5. The van der Waals surface area contributed by atoms with Crippen LogP contribution in [0.4, 0.5) is 0 Å². The van der Waals surface area contributed by atoms with Crippen LogP contribution in [0.25, 0.3) is 0 Å². The summed E-state index contributed by atoms with van der Waals surface area (Å²) in [6.07, 6.45) is 4.27. The second kappa shape index (κ2) is 9.29. The average Bonchev–Trinajstić information content (AvgIpc) is 3.09. The molecule has 0 N–H and O–H groups in total. The van der Waals surface area contributed by atoms with Crippen molar-refractivity contribution in [2.75, 3.05) is 46.3 Å². The van der Waals surface area contributed by atoms with E-state index in [0.29, 0.717) is 17.7 Å². The molecule has 2 fully saturated rings. The number of carbonyl (C=O) groups is 1. The Hall–Kier alpha value is -0.980. The number of hydrogen-bond acceptors (Lipinski definition) is 5. The molecule has 2 aliphatic heterocycles. The van der Waals surface area contributed by atoms with Crippen LogP contribution in [0.1, 0.15) is 56.2 Å². The number of piperidine rings is 1. The van der Waals surface area contributed by atoms with E-state index in [2.05, 4.69) is 41.0 Å². The van der Waals surface area contributed by atoms with Crippen LogP contribution in [0.15, 0.2) is 5.38 Å². The predicted octanol–water partition coefficient (Wildman–Crippen LogP) is 3.03. The van der Waals surface area contributed by atoms with Crippen molar-refractivity contribution in [3.05, 3.63) is 16.1 Å². The van der Waals surface area contributed by atoms with E-state index in [4.69, 9.17) is 4.98 Å². The molecule has 1 aromatic heterocycles. The van der Waals surface area contributed by atoms with Gasteiger partial charge in [-0.25, -0.2) is 4.98 Å². The largest absolute Gasteiger partial charge is 0.340 e. The van der Waals surface area contributed by atoms with Crippen molar-refractivity contribution in [2.24, 2.45) is 5.92 Å². The van der Waals surface area contributed by atoms with E-state index in [-0.39, 0.29) is 0 Å². The molecule has 0 spiro atoms. The molecule has 146 valence electrons. The fraction of sp³-hybridized carbons (Fsp3) is 0.800. The summed E-state index contributed by atoms with van der Waals surface area (Å²) in [7, 11) is 2.13. The third kappa shape index (κ3) is 5.51. The van der Waals surface area contributed by atoms with E-state index in [1.807, 2.05) is 0 Å². The minimum absolute atomic E-state index is 0.358. The highest BCUT2D eigenvalue weighted by atomic mass is 32.1. The van der Waals surface area contributed by atoms with Gasteiger partial charge in [-0.05, 0) is 44.7 Å². The Morgan fingerprint density at radius 3 is 2.73 bits per heavy atom. The number of likely N-dealkylation sites (N-methyl/N-ethyl adjacent to an activating group) is 1. The van der Waals surface area contributed by atoms with Crippen LogP contribution in [0.5, 0.6) is 0 Å². The van der Waals surface area contributed by atoms with Crippen LogP contribution in [0, 0.1) is 5.92 Å². The van der Waals surface area contributed by atoms with Crippen molar-refractivity contribution in [2.45, 2.75) is 52.0 Å². The maximum Gasteiger partial charge on any atom is 0.222 e. The Kier molecular flexibility index (Phi) is 7.06. The summed E-state index contributed by atoms with van der Waals surface area (Å²) in [5.41, 5.74) is 1.22. The second-order valence-electron chi connectivity index (χ2n) is 8.29. The Morgan fingerprint density at radius 1 is 1.27 bits per heavy atom. The zero-order valence-electron chi connectivity index (χ0n) is 16.6. The van der Waals surface area contributed by atoms with Gasteiger partial charge in [0.05, 0.1) is 12.2 Å². The highest BCUT2D eigenvalue weighted by Crippen LogP contribution is 2.25. The first-order chi connectivity index (χ1) is 12.5. The Balaban J connectivity index is 1.42. The third-order valence-electron chi connectivity index (χ3n) is 5.75. The zero-order chi connectivity index (χ0) is 18.5. The standard InChI is InChI=1S/C20H34N4OS/c1-16(2)18-15-26-19(21-18)14-23-8-4-5-17(13-23)6-7-20(25)24-11-9-22(3)10-12-24/h15-17H,4-14H2,1-3H3. The quantitative estimate of drug-likeness (QED) is 0.763. The first kappa shape index (κ1) is 19.8. The molecule has 2 aliphatic rings. The molecule has 1 unspecified atom stereocenters. The number of hydrogen-bond donors (Lipinski definition) is 0. The van der Waals surface area contributed by atoms with Gasteiger partial charge in [0.1, 0.15) is 5.01 Å². The molecule has 1 atom stereocenters. The fourth-order valence-electron chi connectivity index (χ4n) is 3.93. The average molecular weight is 379 g/mol. The number of likely N-dealkylation sites (tertiary alicyclic amines) is 1. The number of rotatable bonds is 6. The molecule has 0 radical (unpaired) electrons. The summed E-state index contributed by atoms with van der Waals surface area (Å²) in [5, 5.41) is 3.44. The van der Waals surface area contributed by atoms with Crippen LogP contribution >= 0.6 is 11.3 Å². The van der Waals surface area contributed by atoms with Gasteiger partial charge in [-0.1, -0.05) is 13.8 Å². The van der Waals surface area contributed by atoms with Crippen molar-refractivity contribution in [1.29, 1.82) is 0 Å². The number of thiazole rings is 1. The van der Waals surface area contributed by atoms with Gasteiger partial charge in [-0.3, -0.25) is 9.69 Å². The number of aromatic nitrogens is 1. The molecule has 6 heteroatoms. The normalized spacial score (nSPS) is 22.9. The topological polar surface area (TPSA) is 39.7 Å². The molecular weight excluding hydrogens is 344 g/mol. The van der Waals surface area contributed by atoms with Crippen LogP contribution in [-0.2, 0) is 11.3 Å². The van der Waals surface area contributed by atoms with Crippen LogP contribution in [0.3, 0.4) is 0 Å². The molecule has 26 heavy (non-hydrogen) atoms. The van der Waals surface area contributed by atoms with Crippen molar-refractivity contribution in [3.8, 4) is 0 Å². The molecule has 5 nitrogen and oxygen atoms in total. The summed E-state index contributed by atoms with van der Waals surface area (Å²) >= 11 is 1.79. The van der Waals surface area contributed by atoms with Crippen LogP contribution in [0.2, 0.25) is 0 Å². The Morgan fingerprint density at radius 2 is 2.04 bits per heavy atom. The molecule has 1 amide bonds. The summed E-state index contributed by atoms with van der Waals surface area (Å²) in [6, 6.07) is 0. The Bertz CT molecular complexity index is 580. The first-order valence-electron chi connectivity index (χ1n) is 10.1. The molecule has 1 aromatic rings. The van der Waals surface area contributed by atoms with E-state index in [1.165, 1.54) is 30.1 Å². The molecule has 3 heterocycles. The van der Waals surface area contributed by atoms with Gasteiger partial charge >= 0.3 is 0 Å². The summed E-state index contributed by atoms with van der Waals surface area (Å²) in [5.74, 6) is 1.52. The van der Waals surface area contributed by atoms with E-state index in [1.54, 1.807) is 11.3 Å². The van der Waals surface area contributed by atoms with Gasteiger partial charge in [0.2, 0.25) is 5.91 Å². The third-order valence-corrected chi connectivity index (χ3v) is 6.60. The van der Waals surface area contributed by atoms with E-state index in [0.717, 1.165) is 52.1 Å². The molecule has 0 bridgehead atoms.